The van der Waals surface area contributed by atoms with E-state index in [9.17, 15) is 0 Å². The number of aryl methyl sites for hydroxylation is 1. The zero-order chi connectivity index (χ0) is 11.0. The third-order valence-electron chi connectivity index (χ3n) is 2.26. The maximum Gasteiger partial charge on any atom is 0.0738 e. The fourth-order valence-corrected chi connectivity index (χ4v) is 2.28. The van der Waals surface area contributed by atoms with Crippen molar-refractivity contribution in [3.8, 4) is 0 Å². The fraction of sp³-hybridized carbons (Fsp3) is 0.182. The number of nitrogens with two attached hydrogens (primary N) is 1. The van der Waals surface area contributed by atoms with Crippen molar-refractivity contribution < 1.29 is 0 Å². The lowest BCUT2D eigenvalue weighted by molar-refractivity contribution is 1.07. The molecule has 2 nitrogen and oxygen atoms in total. The second kappa shape index (κ2) is 3.97. The van der Waals surface area contributed by atoms with Gasteiger partial charge in [0.05, 0.1) is 10.5 Å². The van der Waals surface area contributed by atoms with E-state index in [4.69, 9.17) is 28.9 Å². The average molecular weight is 241 g/mol. The van der Waals surface area contributed by atoms with Gasteiger partial charge in [0.25, 0.3) is 0 Å². The predicted molar refractivity (Wildman–Crippen MR) is 64.4 cm³/mol. The number of fused-ring (bicyclic) bond motifs is 1. The summed E-state index contributed by atoms with van der Waals surface area (Å²) >= 11 is 12.0. The number of hydrogen-bond acceptors (Lipinski definition) is 2. The minimum atomic E-state index is 0.446. The van der Waals surface area contributed by atoms with Gasteiger partial charge >= 0.3 is 0 Å². The fourth-order valence-electron chi connectivity index (χ4n) is 1.67. The SMILES string of the molecule is Cc1cc(CN)c2c(Cl)cc(Cl)cc2n1. The first kappa shape index (κ1) is 10.7. The molecule has 15 heavy (non-hydrogen) atoms. The molecular formula is C11H10Cl2N2. The molecule has 0 aliphatic carbocycles. The molecule has 4 heteroatoms. The number of pyridine rings is 1. The predicted octanol–water partition coefficient (Wildman–Crippen LogP) is 3.31. The van der Waals surface area contributed by atoms with Crippen molar-refractivity contribution in [2.24, 2.45) is 5.73 Å². The maximum absolute atomic E-state index is 6.12. The van der Waals surface area contributed by atoms with E-state index in [1.807, 2.05) is 13.0 Å². The van der Waals surface area contributed by atoms with Gasteiger partial charge in [0.1, 0.15) is 0 Å². The van der Waals surface area contributed by atoms with Crippen LogP contribution in [0.3, 0.4) is 0 Å². The summed E-state index contributed by atoms with van der Waals surface area (Å²) in [7, 11) is 0. The van der Waals surface area contributed by atoms with Gasteiger partial charge in [0.15, 0.2) is 0 Å². The minimum Gasteiger partial charge on any atom is -0.326 e. The van der Waals surface area contributed by atoms with Crippen LogP contribution in [0.25, 0.3) is 10.9 Å². The van der Waals surface area contributed by atoms with Gasteiger partial charge in [0.2, 0.25) is 0 Å². The largest absolute Gasteiger partial charge is 0.326 e. The summed E-state index contributed by atoms with van der Waals surface area (Å²) in [5.41, 5.74) is 8.39. The molecule has 0 bridgehead atoms. The normalized spacial score (nSPS) is 10.9. The topological polar surface area (TPSA) is 38.9 Å². The summed E-state index contributed by atoms with van der Waals surface area (Å²) in [5.74, 6) is 0. The Hall–Kier alpha value is -0.830. The van der Waals surface area contributed by atoms with E-state index in [2.05, 4.69) is 4.98 Å². The van der Waals surface area contributed by atoms with E-state index in [0.717, 1.165) is 22.2 Å². The number of nitrogens with zero attached hydrogens (tertiary/aromatic N) is 1. The summed E-state index contributed by atoms with van der Waals surface area (Å²) in [6, 6.07) is 5.46. The van der Waals surface area contributed by atoms with Crippen LogP contribution in [0.4, 0.5) is 0 Å². The number of rotatable bonds is 1. The smallest absolute Gasteiger partial charge is 0.0738 e. The van der Waals surface area contributed by atoms with Crippen molar-refractivity contribution in [3.63, 3.8) is 0 Å². The molecule has 1 heterocycles. The minimum absolute atomic E-state index is 0.446. The van der Waals surface area contributed by atoms with Crippen LogP contribution in [0, 0.1) is 6.92 Å². The molecule has 0 spiro atoms. The van der Waals surface area contributed by atoms with Crippen LogP contribution in [0.1, 0.15) is 11.3 Å². The lowest BCUT2D eigenvalue weighted by atomic mass is 10.1. The number of halogens is 2. The van der Waals surface area contributed by atoms with E-state index < -0.39 is 0 Å². The standard InChI is InChI=1S/C11H10Cl2N2/c1-6-2-7(5-14)11-9(13)3-8(12)4-10(11)15-6/h2-4H,5,14H2,1H3. The first-order valence-electron chi connectivity index (χ1n) is 4.57. The Balaban J connectivity index is 2.90. The van der Waals surface area contributed by atoms with Crippen LogP contribution in [-0.4, -0.2) is 4.98 Å². The Morgan fingerprint density at radius 3 is 2.67 bits per heavy atom. The number of hydrogen-bond donors (Lipinski definition) is 1. The molecule has 0 unspecified atom stereocenters. The molecular weight excluding hydrogens is 231 g/mol. The van der Waals surface area contributed by atoms with Gasteiger partial charge in [-0.1, -0.05) is 23.2 Å². The van der Waals surface area contributed by atoms with Crippen molar-refractivity contribution in [2.45, 2.75) is 13.5 Å². The maximum atomic E-state index is 6.12. The van der Waals surface area contributed by atoms with Gasteiger partial charge in [-0.3, -0.25) is 4.98 Å². The molecule has 0 radical (unpaired) electrons. The zero-order valence-electron chi connectivity index (χ0n) is 8.22. The van der Waals surface area contributed by atoms with Gasteiger partial charge in [-0.05, 0) is 30.7 Å². The Morgan fingerprint density at radius 2 is 2.00 bits per heavy atom. The molecule has 1 aromatic carbocycles. The highest BCUT2D eigenvalue weighted by atomic mass is 35.5. The Morgan fingerprint density at radius 1 is 1.27 bits per heavy atom. The van der Waals surface area contributed by atoms with Crippen LogP contribution >= 0.6 is 23.2 Å². The molecule has 0 amide bonds. The number of benzene rings is 1. The third-order valence-corrected chi connectivity index (χ3v) is 2.77. The summed E-state index contributed by atoms with van der Waals surface area (Å²) in [6.07, 6.45) is 0. The summed E-state index contributed by atoms with van der Waals surface area (Å²) in [5, 5.41) is 2.09. The van der Waals surface area contributed by atoms with Gasteiger partial charge in [0, 0.05) is 22.6 Å². The summed E-state index contributed by atoms with van der Waals surface area (Å²) in [4.78, 5) is 4.38. The molecule has 0 aliphatic heterocycles. The van der Waals surface area contributed by atoms with Gasteiger partial charge in [-0.15, -0.1) is 0 Å². The van der Waals surface area contributed by atoms with Crippen molar-refractivity contribution >= 4 is 34.1 Å². The molecule has 0 aliphatic rings. The Labute approximate surface area is 98.0 Å². The van der Waals surface area contributed by atoms with Crippen molar-refractivity contribution in [1.29, 1.82) is 0 Å². The molecule has 2 N–H and O–H groups in total. The molecule has 2 rings (SSSR count). The first-order valence-corrected chi connectivity index (χ1v) is 5.32. The lowest BCUT2D eigenvalue weighted by Gasteiger charge is -2.07. The molecule has 2 aromatic rings. The highest BCUT2D eigenvalue weighted by molar-refractivity contribution is 6.38. The zero-order valence-corrected chi connectivity index (χ0v) is 9.73. The van der Waals surface area contributed by atoms with E-state index in [0.29, 0.717) is 16.6 Å². The monoisotopic (exact) mass is 240 g/mol. The van der Waals surface area contributed by atoms with Gasteiger partial charge in [-0.2, -0.15) is 0 Å². The van der Waals surface area contributed by atoms with Crippen LogP contribution in [0.2, 0.25) is 10.0 Å². The van der Waals surface area contributed by atoms with Crippen molar-refractivity contribution in [3.05, 3.63) is 39.5 Å². The van der Waals surface area contributed by atoms with Gasteiger partial charge < -0.3 is 5.73 Å². The molecule has 0 saturated carbocycles. The quantitative estimate of drug-likeness (QED) is 0.831. The second-order valence-corrected chi connectivity index (χ2v) is 4.25. The van der Waals surface area contributed by atoms with Crippen LogP contribution < -0.4 is 5.73 Å². The van der Waals surface area contributed by atoms with Crippen LogP contribution in [-0.2, 0) is 6.54 Å². The summed E-state index contributed by atoms with van der Waals surface area (Å²) < 4.78 is 0. The highest BCUT2D eigenvalue weighted by Gasteiger charge is 2.08. The molecule has 1 aromatic heterocycles. The molecule has 0 saturated heterocycles. The van der Waals surface area contributed by atoms with Crippen molar-refractivity contribution in [1.82, 2.24) is 4.98 Å². The number of aromatic nitrogens is 1. The molecule has 78 valence electrons. The van der Waals surface area contributed by atoms with E-state index in [1.165, 1.54) is 0 Å². The first-order chi connectivity index (χ1) is 7.11. The second-order valence-electron chi connectivity index (χ2n) is 3.41. The third kappa shape index (κ3) is 1.93. The van der Waals surface area contributed by atoms with E-state index >= 15 is 0 Å². The summed E-state index contributed by atoms with van der Waals surface area (Å²) in [6.45, 7) is 2.37. The Kier molecular flexibility index (Phi) is 2.83. The van der Waals surface area contributed by atoms with Crippen molar-refractivity contribution in [2.75, 3.05) is 0 Å². The lowest BCUT2D eigenvalue weighted by Crippen LogP contribution is -2.00. The average Bonchev–Trinajstić information content (AvgIpc) is 2.14. The van der Waals surface area contributed by atoms with Crippen LogP contribution in [0.15, 0.2) is 18.2 Å². The molecule has 0 atom stereocenters. The molecule has 0 fully saturated rings. The Bertz CT molecular complexity index is 518. The van der Waals surface area contributed by atoms with E-state index in [-0.39, 0.29) is 0 Å². The van der Waals surface area contributed by atoms with Gasteiger partial charge in [-0.25, -0.2) is 0 Å². The highest BCUT2D eigenvalue weighted by Crippen LogP contribution is 2.29. The van der Waals surface area contributed by atoms with E-state index in [1.54, 1.807) is 12.1 Å². The van der Waals surface area contributed by atoms with Crippen LogP contribution in [0.5, 0.6) is 0 Å².